The minimum Gasteiger partial charge on any atom is -0.439 e. The highest BCUT2D eigenvalue weighted by molar-refractivity contribution is 5.67. The SMILES string of the molecule is C=Cc1cc(Oc2ccnc(Nc3cccc(N)c3C)n2)ccc1N. The van der Waals surface area contributed by atoms with Crippen molar-refractivity contribution in [1.82, 2.24) is 9.97 Å². The fourth-order valence-electron chi connectivity index (χ4n) is 2.28. The first kappa shape index (κ1) is 16.3. The summed E-state index contributed by atoms with van der Waals surface area (Å²) in [6, 6.07) is 12.7. The van der Waals surface area contributed by atoms with Gasteiger partial charge in [0, 0.05) is 34.9 Å². The Labute approximate surface area is 146 Å². The molecule has 0 aliphatic heterocycles. The standard InChI is InChI=1S/C19H19N5O/c1-3-13-11-14(7-8-16(13)21)25-18-9-10-22-19(24-18)23-17-6-4-5-15(20)12(17)2/h3-11H,1,20-21H2,2H3,(H,22,23,24). The van der Waals surface area contributed by atoms with E-state index in [4.69, 9.17) is 16.2 Å². The van der Waals surface area contributed by atoms with Gasteiger partial charge in [-0.05, 0) is 42.8 Å². The second kappa shape index (κ2) is 6.92. The molecule has 0 amide bonds. The van der Waals surface area contributed by atoms with E-state index in [1.165, 1.54) is 0 Å². The summed E-state index contributed by atoms with van der Waals surface area (Å²) in [5, 5.41) is 3.15. The van der Waals surface area contributed by atoms with Gasteiger partial charge >= 0.3 is 0 Å². The van der Waals surface area contributed by atoms with E-state index in [9.17, 15) is 0 Å². The summed E-state index contributed by atoms with van der Waals surface area (Å²) in [6.45, 7) is 5.67. The van der Waals surface area contributed by atoms with Crippen LogP contribution in [0.4, 0.5) is 23.0 Å². The maximum Gasteiger partial charge on any atom is 0.230 e. The largest absolute Gasteiger partial charge is 0.439 e. The number of rotatable bonds is 5. The average molecular weight is 333 g/mol. The van der Waals surface area contributed by atoms with E-state index in [-0.39, 0.29) is 0 Å². The highest BCUT2D eigenvalue weighted by atomic mass is 16.5. The van der Waals surface area contributed by atoms with Gasteiger partial charge < -0.3 is 21.5 Å². The van der Waals surface area contributed by atoms with Crippen molar-refractivity contribution in [2.45, 2.75) is 6.92 Å². The molecule has 0 bridgehead atoms. The first-order valence-corrected chi connectivity index (χ1v) is 7.72. The molecule has 0 saturated heterocycles. The van der Waals surface area contributed by atoms with Crippen molar-refractivity contribution in [3.05, 3.63) is 66.4 Å². The molecule has 126 valence electrons. The normalized spacial score (nSPS) is 10.3. The number of nitrogens with two attached hydrogens (primary N) is 2. The zero-order chi connectivity index (χ0) is 17.8. The Hall–Kier alpha value is -3.54. The number of hydrogen-bond acceptors (Lipinski definition) is 6. The van der Waals surface area contributed by atoms with E-state index in [1.54, 1.807) is 36.5 Å². The molecule has 6 nitrogen and oxygen atoms in total. The van der Waals surface area contributed by atoms with Gasteiger partial charge in [-0.15, -0.1) is 0 Å². The van der Waals surface area contributed by atoms with E-state index in [2.05, 4.69) is 21.9 Å². The lowest BCUT2D eigenvalue weighted by atomic mass is 10.1. The summed E-state index contributed by atoms with van der Waals surface area (Å²) >= 11 is 0. The minimum absolute atomic E-state index is 0.416. The summed E-state index contributed by atoms with van der Waals surface area (Å²) in [6.07, 6.45) is 3.30. The Morgan fingerprint density at radius 2 is 1.96 bits per heavy atom. The van der Waals surface area contributed by atoms with Crippen molar-refractivity contribution >= 4 is 29.1 Å². The maximum absolute atomic E-state index is 5.92. The topological polar surface area (TPSA) is 99.1 Å². The van der Waals surface area contributed by atoms with Gasteiger partial charge in [0.05, 0.1) is 0 Å². The summed E-state index contributed by atoms with van der Waals surface area (Å²) in [5.74, 6) is 1.46. The Balaban J connectivity index is 1.82. The molecular formula is C19H19N5O. The van der Waals surface area contributed by atoms with E-state index >= 15 is 0 Å². The molecule has 0 fully saturated rings. The zero-order valence-electron chi connectivity index (χ0n) is 13.9. The molecular weight excluding hydrogens is 314 g/mol. The molecule has 6 heteroatoms. The van der Waals surface area contributed by atoms with Crippen molar-refractivity contribution in [3.63, 3.8) is 0 Å². The van der Waals surface area contributed by atoms with Gasteiger partial charge in [0.15, 0.2) is 0 Å². The van der Waals surface area contributed by atoms with Crippen molar-refractivity contribution in [2.75, 3.05) is 16.8 Å². The Morgan fingerprint density at radius 1 is 1.12 bits per heavy atom. The predicted octanol–water partition coefficient (Wildman–Crippen LogP) is 4.13. The lowest BCUT2D eigenvalue weighted by molar-refractivity contribution is 0.462. The highest BCUT2D eigenvalue weighted by Gasteiger charge is 2.06. The van der Waals surface area contributed by atoms with Gasteiger partial charge in [0.2, 0.25) is 11.8 Å². The van der Waals surface area contributed by atoms with Crippen LogP contribution in [0.15, 0.2) is 55.2 Å². The van der Waals surface area contributed by atoms with E-state index in [1.807, 2.05) is 25.1 Å². The Morgan fingerprint density at radius 3 is 2.76 bits per heavy atom. The molecule has 3 rings (SSSR count). The smallest absolute Gasteiger partial charge is 0.230 e. The number of nitrogen functional groups attached to an aromatic ring is 2. The monoisotopic (exact) mass is 333 g/mol. The Kier molecular flexibility index (Phi) is 4.52. The molecule has 5 N–H and O–H groups in total. The second-order valence-corrected chi connectivity index (χ2v) is 5.46. The summed E-state index contributed by atoms with van der Waals surface area (Å²) in [7, 11) is 0. The maximum atomic E-state index is 5.92. The molecule has 0 atom stereocenters. The van der Waals surface area contributed by atoms with Crippen LogP contribution in [0.1, 0.15) is 11.1 Å². The molecule has 0 radical (unpaired) electrons. The first-order chi connectivity index (χ1) is 12.1. The molecule has 0 aliphatic rings. The van der Waals surface area contributed by atoms with E-state index in [0.29, 0.717) is 29.0 Å². The van der Waals surface area contributed by atoms with Crippen LogP contribution in [0, 0.1) is 6.92 Å². The number of nitrogens with zero attached hydrogens (tertiary/aromatic N) is 2. The van der Waals surface area contributed by atoms with Crippen LogP contribution in [0.2, 0.25) is 0 Å². The van der Waals surface area contributed by atoms with Gasteiger partial charge in [-0.25, -0.2) is 4.98 Å². The average Bonchev–Trinajstić information content (AvgIpc) is 2.61. The van der Waals surface area contributed by atoms with Crippen LogP contribution in [0.25, 0.3) is 6.08 Å². The van der Waals surface area contributed by atoms with Crippen molar-refractivity contribution in [3.8, 4) is 11.6 Å². The number of hydrogen-bond donors (Lipinski definition) is 3. The molecule has 0 saturated carbocycles. The highest BCUT2D eigenvalue weighted by Crippen LogP contribution is 2.26. The molecule has 0 aliphatic carbocycles. The fraction of sp³-hybridized carbons (Fsp3) is 0.0526. The van der Waals surface area contributed by atoms with Gasteiger partial charge in [-0.2, -0.15) is 4.98 Å². The van der Waals surface area contributed by atoms with Gasteiger partial charge in [0.1, 0.15) is 5.75 Å². The predicted molar refractivity (Wildman–Crippen MR) is 102 cm³/mol. The third-order valence-electron chi connectivity index (χ3n) is 3.75. The number of aromatic nitrogens is 2. The van der Waals surface area contributed by atoms with Crippen LogP contribution in [0.3, 0.4) is 0 Å². The van der Waals surface area contributed by atoms with Crippen molar-refractivity contribution < 1.29 is 4.74 Å². The Bertz CT molecular complexity index is 923. The second-order valence-electron chi connectivity index (χ2n) is 5.46. The first-order valence-electron chi connectivity index (χ1n) is 7.72. The summed E-state index contributed by atoms with van der Waals surface area (Å²) < 4.78 is 5.79. The number of ether oxygens (including phenoxy) is 1. The molecule has 1 heterocycles. The van der Waals surface area contributed by atoms with Crippen molar-refractivity contribution in [2.24, 2.45) is 0 Å². The molecule has 3 aromatic rings. The molecule has 0 spiro atoms. The van der Waals surface area contributed by atoms with Crippen LogP contribution in [-0.4, -0.2) is 9.97 Å². The van der Waals surface area contributed by atoms with Crippen LogP contribution in [-0.2, 0) is 0 Å². The van der Waals surface area contributed by atoms with Crippen LogP contribution >= 0.6 is 0 Å². The summed E-state index contributed by atoms with van der Waals surface area (Å²) in [5.41, 5.74) is 15.7. The van der Waals surface area contributed by atoms with Crippen LogP contribution < -0.4 is 21.5 Å². The van der Waals surface area contributed by atoms with E-state index in [0.717, 1.165) is 16.8 Å². The molecule has 25 heavy (non-hydrogen) atoms. The number of nitrogens with one attached hydrogen (secondary N) is 1. The van der Waals surface area contributed by atoms with Gasteiger partial charge in [-0.3, -0.25) is 0 Å². The quantitative estimate of drug-likeness (QED) is 0.607. The number of benzene rings is 2. The van der Waals surface area contributed by atoms with E-state index < -0.39 is 0 Å². The van der Waals surface area contributed by atoms with Crippen LogP contribution in [0.5, 0.6) is 11.6 Å². The zero-order valence-corrected chi connectivity index (χ0v) is 13.9. The van der Waals surface area contributed by atoms with Gasteiger partial charge in [0.25, 0.3) is 0 Å². The number of anilines is 4. The third kappa shape index (κ3) is 3.69. The molecule has 0 unspecified atom stereocenters. The fourth-order valence-corrected chi connectivity index (χ4v) is 2.28. The molecule has 1 aromatic heterocycles. The molecule has 2 aromatic carbocycles. The van der Waals surface area contributed by atoms with Crippen molar-refractivity contribution in [1.29, 1.82) is 0 Å². The van der Waals surface area contributed by atoms with Gasteiger partial charge in [-0.1, -0.05) is 18.7 Å². The summed E-state index contributed by atoms with van der Waals surface area (Å²) in [4.78, 5) is 8.59. The lowest BCUT2D eigenvalue weighted by Gasteiger charge is -2.11. The third-order valence-corrected chi connectivity index (χ3v) is 3.75. The lowest BCUT2D eigenvalue weighted by Crippen LogP contribution is -2.01. The minimum atomic E-state index is 0.416.